The number of nitrogens with zero attached hydrogens (tertiary/aromatic N) is 1. The maximum Gasteiger partial charge on any atom is 0.307 e. The number of fused-ring (bicyclic) bond motifs is 1. The lowest BCUT2D eigenvalue weighted by Gasteiger charge is -2.19. The zero-order valence-corrected chi connectivity index (χ0v) is 11.4. The molecule has 0 aromatic rings. The van der Waals surface area contributed by atoms with Crippen molar-refractivity contribution in [2.45, 2.75) is 32.8 Å². The van der Waals surface area contributed by atoms with Crippen LogP contribution in [0.4, 0.5) is 0 Å². The predicted octanol–water partition coefficient (Wildman–Crippen LogP) is 0.572. The summed E-state index contributed by atoms with van der Waals surface area (Å²) < 4.78 is 0. The number of aliphatic carboxylic acids is 1. The first kappa shape index (κ1) is 12.9. The first-order valence-electron chi connectivity index (χ1n) is 7.03. The molecular formula is C14H21NO4. The number of rotatable bonds is 2. The first-order chi connectivity index (χ1) is 8.84. The summed E-state index contributed by atoms with van der Waals surface area (Å²) >= 11 is 0. The molecule has 1 heterocycles. The van der Waals surface area contributed by atoms with Crippen molar-refractivity contribution in [1.29, 1.82) is 0 Å². The van der Waals surface area contributed by atoms with Gasteiger partial charge in [-0.1, -0.05) is 13.8 Å². The van der Waals surface area contributed by atoms with E-state index in [2.05, 4.69) is 0 Å². The van der Waals surface area contributed by atoms with Crippen LogP contribution in [0.25, 0.3) is 0 Å². The number of amides is 1. The van der Waals surface area contributed by atoms with Crippen LogP contribution in [-0.2, 0) is 9.59 Å². The molecule has 2 aliphatic carbocycles. The topological polar surface area (TPSA) is 77.8 Å². The van der Waals surface area contributed by atoms with Crippen LogP contribution in [0.1, 0.15) is 26.7 Å². The number of carboxylic acids is 1. The Balaban J connectivity index is 1.69. The van der Waals surface area contributed by atoms with Crippen molar-refractivity contribution in [3.05, 3.63) is 0 Å². The fourth-order valence-corrected chi connectivity index (χ4v) is 4.17. The predicted molar refractivity (Wildman–Crippen MR) is 67.2 cm³/mol. The van der Waals surface area contributed by atoms with E-state index in [0.717, 1.165) is 12.8 Å². The number of carboxylic acid groups (broad SMARTS) is 1. The van der Waals surface area contributed by atoms with Crippen LogP contribution in [0.2, 0.25) is 0 Å². The normalized spacial score (nSPS) is 43.1. The van der Waals surface area contributed by atoms with E-state index >= 15 is 0 Å². The fraction of sp³-hybridized carbons (Fsp3) is 0.857. The van der Waals surface area contributed by atoms with Gasteiger partial charge in [0.15, 0.2) is 0 Å². The molecule has 106 valence electrons. The monoisotopic (exact) mass is 267 g/mol. The van der Waals surface area contributed by atoms with Gasteiger partial charge in [0, 0.05) is 19.0 Å². The summed E-state index contributed by atoms with van der Waals surface area (Å²) in [5, 5.41) is 19.0. The van der Waals surface area contributed by atoms with Gasteiger partial charge in [-0.25, -0.2) is 0 Å². The second-order valence-corrected chi connectivity index (χ2v) is 6.93. The molecule has 0 spiro atoms. The fourth-order valence-electron chi connectivity index (χ4n) is 4.17. The number of aliphatic hydroxyl groups excluding tert-OH is 1. The molecule has 1 aliphatic heterocycles. The molecule has 19 heavy (non-hydrogen) atoms. The number of hydrogen-bond donors (Lipinski definition) is 2. The van der Waals surface area contributed by atoms with E-state index in [-0.39, 0.29) is 23.8 Å². The maximum atomic E-state index is 12.5. The molecule has 2 saturated carbocycles. The Morgan fingerprint density at radius 2 is 1.84 bits per heavy atom. The molecule has 0 aromatic heterocycles. The number of likely N-dealkylation sites (tertiary alicyclic amines) is 1. The van der Waals surface area contributed by atoms with Crippen molar-refractivity contribution < 1.29 is 19.8 Å². The Hall–Kier alpha value is -1.10. The molecule has 3 aliphatic rings. The molecule has 0 aromatic carbocycles. The van der Waals surface area contributed by atoms with Crippen LogP contribution in [0.3, 0.4) is 0 Å². The second kappa shape index (κ2) is 3.95. The molecular weight excluding hydrogens is 246 g/mol. The van der Waals surface area contributed by atoms with E-state index in [1.165, 1.54) is 0 Å². The van der Waals surface area contributed by atoms with E-state index in [0.29, 0.717) is 19.0 Å². The Labute approximate surface area is 112 Å². The van der Waals surface area contributed by atoms with Gasteiger partial charge < -0.3 is 15.1 Å². The molecule has 3 fully saturated rings. The standard InChI is InChI=1S/C14H21NO4/c1-14(2)10(11(14)13(18)19)12(17)15-5-7-3-4-9(16)8(7)6-15/h7-11,16H,3-6H2,1-2H3,(H,18,19). The van der Waals surface area contributed by atoms with E-state index in [9.17, 15) is 14.7 Å². The van der Waals surface area contributed by atoms with Crippen LogP contribution in [0.5, 0.6) is 0 Å². The molecule has 0 radical (unpaired) electrons. The van der Waals surface area contributed by atoms with Crippen molar-refractivity contribution in [2.75, 3.05) is 13.1 Å². The summed E-state index contributed by atoms with van der Waals surface area (Å²) in [6.07, 6.45) is 1.53. The Kier molecular flexibility index (Phi) is 2.68. The Morgan fingerprint density at radius 3 is 2.37 bits per heavy atom. The highest BCUT2D eigenvalue weighted by molar-refractivity contribution is 5.91. The number of carbonyl (C=O) groups excluding carboxylic acids is 1. The zero-order valence-electron chi connectivity index (χ0n) is 11.4. The van der Waals surface area contributed by atoms with Crippen LogP contribution in [0.15, 0.2) is 0 Å². The summed E-state index contributed by atoms with van der Waals surface area (Å²) in [6, 6.07) is 0. The summed E-state index contributed by atoms with van der Waals surface area (Å²) in [7, 11) is 0. The molecule has 1 saturated heterocycles. The maximum absolute atomic E-state index is 12.5. The third-order valence-corrected chi connectivity index (χ3v) is 5.49. The van der Waals surface area contributed by atoms with Gasteiger partial charge in [-0.05, 0) is 24.2 Å². The SMILES string of the molecule is CC1(C)C(C(=O)O)C1C(=O)N1CC2CCC(O)C2C1. The van der Waals surface area contributed by atoms with Crippen molar-refractivity contribution in [3.8, 4) is 0 Å². The van der Waals surface area contributed by atoms with Crippen molar-refractivity contribution >= 4 is 11.9 Å². The third-order valence-electron chi connectivity index (χ3n) is 5.49. The van der Waals surface area contributed by atoms with Crippen molar-refractivity contribution in [1.82, 2.24) is 4.90 Å². The van der Waals surface area contributed by atoms with Gasteiger partial charge in [0.2, 0.25) is 5.91 Å². The summed E-state index contributed by atoms with van der Waals surface area (Å²) in [5.74, 6) is -1.23. The highest BCUT2D eigenvalue weighted by Gasteiger charge is 2.67. The Morgan fingerprint density at radius 1 is 1.16 bits per heavy atom. The minimum atomic E-state index is -0.872. The molecule has 2 N–H and O–H groups in total. The van der Waals surface area contributed by atoms with Gasteiger partial charge in [0.05, 0.1) is 17.9 Å². The molecule has 5 unspecified atom stereocenters. The average molecular weight is 267 g/mol. The van der Waals surface area contributed by atoms with Crippen LogP contribution in [-0.4, -0.2) is 46.2 Å². The van der Waals surface area contributed by atoms with E-state index in [4.69, 9.17) is 5.11 Å². The summed E-state index contributed by atoms with van der Waals surface area (Å²) in [6.45, 7) is 4.99. The molecule has 5 heteroatoms. The second-order valence-electron chi connectivity index (χ2n) is 6.93. The van der Waals surface area contributed by atoms with Gasteiger partial charge in [-0.2, -0.15) is 0 Å². The minimum absolute atomic E-state index is 0.0287. The van der Waals surface area contributed by atoms with Gasteiger partial charge in [0.25, 0.3) is 0 Å². The summed E-state index contributed by atoms with van der Waals surface area (Å²) in [4.78, 5) is 25.4. The molecule has 3 rings (SSSR count). The van der Waals surface area contributed by atoms with E-state index in [1.54, 1.807) is 4.90 Å². The van der Waals surface area contributed by atoms with Crippen molar-refractivity contribution in [3.63, 3.8) is 0 Å². The van der Waals surface area contributed by atoms with Crippen LogP contribution >= 0.6 is 0 Å². The number of carbonyl (C=O) groups is 2. The van der Waals surface area contributed by atoms with Crippen molar-refractivity contribution in [2.24, 2.45) is 29.1 Å². The number of hydrogen-bond acceptors (Lipinski definition) is 3. The zero-order chi connectivity index (χ0) is 13.9. The first-order valence-corrected chi connectivity index (χ1v) is 7.03. The van der Waals surface area contributed by atoms with E-state index in [1.807, 2.05) is 13.8 Å². The molecule has 5 nitrogen and oxygen atoms in total. The lowest BCUT2D eigenvalue weighted by molar-refractivity contribution is -0.142. The van der Waals surface area contributed by atoms with Gasteiger partial charge in [0.1, 0.15) is 0 Å². The lowest BCUT2D eigenvalue weighted by atomic mass is 10.00. The average Bonchev–Trinajstić information content (AvgIpc) is 2.65. The highest BCUT2D eigenvalue weighted by atomic mass is 16.4. The van der Waals surface area contributed by atoms with Crippen LogP contribution in [0, 0.1) is 29.1 Å². The third kappa shape index (κ3) is 1.78. The number of aliphatic hydroxyl groups is 1. The van der Waals surface area contributed by atoms with Gasteiger partial charge in [-0.15, -0.1) is 0 Å². The smallest absolute Gasteiger partial charge is 0.307 e. The van der Waals surface area contributed by atoms with E-state index < -0.39 is 17.3 Å². The Bertz CT molecular complexity index is 433. The lowest BCUT2D eigenvalue weighted by Crippen LogP contribution is -2.33. The highest BCUT2D eigenvalue weighted by Crippen LogP contribution is 2.59. The quantitative estimate of drug-likeness (QED) is 0.767. The van der Waals surface area contributed by atoms with Crippen LogP contribution < -0.4 is 0 Å². The summed E-state index contributed by atoms with van der Waals surface area (Å²) in [5.41, 5.74) is -0.431. The van der Waals surface area contributed by atoms with Gasteiger partial charge in [-0.3, -0.25) is 9.59 Å². The largest absolute Gasteiger partial charge is 0.481 e. The molecule has 1 amide bonds. The van der Waals surface area contributed by atoms with Gasteiger partial charge >= 0.3 is 5.97 Å². The molecule has 0 bridgehead atoms. The minimum Gasteiger partial charge on any atom is -0.481 e. The molecule has 5 atom stereocenters.